The number of halogens is 1. The van der Waals surface area contributed by atoms with Crippen LogP contribution >= 0.6 is 11.6 Å². The number of carboxylic acid groups (broad SMARTS) is 1. The van der Waals surface area contributed by atoms with Crippen LogP contribution in [0.1, 0.15) is 29.6 Å². The van der Waals surface area contributed by atoms with Crippen molar-refractivity contribution >= 4 is 46.6 Å². The first-order chi connectivity index (χ1) is 12.4. The van der Waals surface area contributed by atoms with Crippen molar-refractivity contribution in [3.05, 3.63) is 29.8 Å². The van der Waals surface area contributed by atoms with Gasteiger partial charge in [-0.15, -0.1) is 11.6 Å². The number of guanidine groups is 1. The average Bonchev–Trinajstić information content (AvgIpc) is 3.43. The Morgan fingerprint density at radius 2 is 2.23 bits per heavy atom. The summed E-state index contributed by atoms with van der Waals surface area (Å²) in [5.74, 6) is 0.247. The molecule has 8 nitrogen and oxygen atoms in total. The quantitative estimate of drug-likeness (QED) is 0.357. The lowest BCUT2D eigenvalue weighted by Gasteiger charge is -2.16. The standard InChI is InChI=1S/C17H19ClN6O2/c18-12-8-21-17(22-11-3-1-2-10(6-11)16(25)26)24-15(12)23-14(20)7-13(19)9-4-5-9/h1-3,6,9,12,19H,4-5,7-8H2,(H,25,26)(H3,20,21,22,23,24). The van der Waals surface area contributed by atoms with Crippen molar-refractivity contribution in [1.29, 1.82) is 5.41 Å². The summed E-state index contributed by atoms with van der Waals surface area (Å²) in [6.07, 6.45) is 2.40. The molecule has 0 spiro atoms. The zero-order valence-corrected chi connectivity index (χ0v) is 14.7. The van der Waals surface area contributed by atoms with Gasteiger partial charge >= 0.3 is 5.97 Å². The van der Waals surface area contributed by atoms with Crippen molar-refractivity contribution in [2.45, 2.75) is 24.6 Å². The van der Waals surface area contributed by atoms with Gasteiger partial charge in [0.15, 0.2) is 5.84 Å². The third-order valence-electron chi connectivity index (χ3n) is 3.97. The van der Waals surface area contributed by atoms with Gasteiger partial charge in [0.2, 0.25) is 5.96 Å². The number of aliphatic imine (C=N–C) groups is 3. The summed E-state index contributed by atoms with van der Waals surface area (Å²) in [6, 6.07) is 6.33. The first kappa shape index (κ1) is 18.1. The Bertz CT molecular complexity index is 828. The Morgan fingerprint density at radius 1 is 1.46 bits per heavy atom. The smallest absolute Gasteiger partial charge is 0.335 e. The molecule has 0 saturated heterocycles. The van der Waals surface area contributed by atoms with Crippen LogP contribution in [0, 0.1) is 11.3 Å². The van der Waals surface area contributed by atoms with Crippen LogP contribution in [0.5, 0.6) is 0 Å². The van der Waals surface area contributed by atoms with E-state index in [9.17, 15) is 4.79 Å². The van der Waals surface area contributed by atoms with Gasteiger partial charge in [-0.2, -0.15) is 4.99 Å². The number of nitrogens with two attached hydrogens (primary N) is 1. The van der Waals surface area contributed by atoms with E-state index in [1.54, 1.807) is 12.1 Å². The van der Waals surface area contributed by atoms with E-state index >= 15 is 0 Å². The SMILES string of the molecule is N=C(CC(N)=NC1=NC(Nc2cccc(C(=O)O)c2)=NCC1Cl)C1CC1. The molecule has 0 bridgehead atoms. The van der Waals surface area contributed by atoms with Crippen molar-refractivity contribution in [3.63, 3.8) is 0 Å². The minimum absolute atomic E-state index is 0.159. The van der Waals surface area contributed by atoms with E-state index in [1.807, 2.05) is 0 Å². The van der Waals surface area contributed by atoms with Crippen LogP contribution in [0.25, 0.3) is 0 Å². The maximum Gasteiger partial charge on any atom is 0.335 e. The molecule has 1 aliphatic carbocycles. The molecule has 1 aromatic rings. The number of carboxylic acids is 1. The minimum atomic E-state index is -1.01. The Balaban J connectivity index is 1.71. The second kappa shape index (κ2) is 7.65. The molecule has 0 amide bonds. The predicted molar refractivity (Wildman–Crippen MR) is 103 cm³/mol. The molecule has 0 radical (unpaired) electrons. The summed E-state index contributed by atoms with van der Waals surface area (Å²) >= 11 is 6.21. The summed E-state index contributed by atoms with van der Waals surface area (Å²) in [4.78, 5) is 23.8. The van der Waals surface area contributed by atoms with Gasteiger partial charge in [0, 0.05) is 17.8 Å². The highest BCUT2D eigenvalue weighted by Gasteiger charge is 2.27. The van der Waals surface area contributed by atoms with E-state index in [-0.39, 0.29) is 18.1 Å². The fraction of sp³-hybridized carbons (Fsp3) is 0.353. The van der Waals surface area contributed by atoms with E-state index < -0.39 is 11.3 Å². The molecular formula is C17H19ClN6O2. The van der Waals surface area contributed by atoms with E-state index in [0.29, 0.717) is 35.4 Å². The van der Waals surface area contributed by atoms with E-state index in [0.717, 1.165) is 12.8 Å². The number of aromatic carboxylic acids is 1. The zero-order valence-electron chi connectivity index (χ0n) is 13.9. The zero-order chi connectivity index (χ0) is 18.7. The summed E-state index contributed by atoms with van der Waals surface area (Å²) in [5.41, 5.74) is 7.23. The van der Waals surface area contributed by atoms with Crippen molar-refractivity contribution in [2.75, 3.05) is 11.9 Å². The number of anilines is 1. The van der Waals surface area contributed by atoms with Crippen LogP contribution in [0.4, 0.5) is 5.69 Å². The Morgan fingerprint density at radius 3 is 2.92 bits per heavy atom. The first-order valence-electron chi connectivity index (χ1n) is 8.20. The monoisotopic (exact) mass is 374 g/mol. The highest BCUT2D eigenvalue weighted by molar-refractivity contribution is 6.34. The second-order valence-corrected chi connectivity index (χ2v) is 6.72. The lowest BCUT2D eigenvalue weighted by Crippen LogP contribution is -2.29. The molecule has 1 heterocycles. The van der Waals surface area contributed by atoms with Crippen LogP contribution in [-0.4, -0.2) is 46.3 Å². The summed E-state index contributed by atoms with van der Waals surface area (Å²) in [5, 5.41) is 19.4. The normalized spacial score (nSPS) is 20.2. The molecule has 3 rings (SSSR count). The molecule has 9 heteroatoms. The highest BCUT2D eigenvalue weighted by atomic mass is 35.5. The third-order valence-corrected chi connectivity index (χ3v) is 4.30. The van der Waals surface area contributed by atoms with Gasteiger partial charge < -0.3 is 21.6 Å². The number of carbonyl (C=O) groups is 1. The molecule has 2 aliphatic rings. The van der Waals surface area contributed by atoms with Gasteiger partial charge in [0.1, 0.15) is 11.2 Å². The molecule has 5 N–H and O–H groups in total. The van der Waals surface area contributed by atoms with Crippen molar-refractivity contribution in [1.82, 2.24) is 0 Å². The highest BCUT2D eigenvalue weighted by Crippen LogP contribution is 2.31. The van der Waals surface area contributed by atoms with Crippen LogP contribution in [0.15, 0.2) is 39.2 Å². The van der Waals surface area contributed by atoms with Crippen molar-refractivity contribution in [3.8, 4) is 0 Å². The van der Waals surface area contributed by atoms with Gasteiger partial charge in [-0.1, -0.05) is 6.07 Å². The largest absolute Gasteiger partial charge is 0.478 e. The molecule has 1 aromatic carbocycles. The van der Waals surface area contributed by atoms with Gasteiger partial charge in [-0.3, -0.25) is 0 Å². The molecule has 26 heavy (non-hydrogen) atoms. The van der Waals surface area contributed by atoms with E-state index in [1.165, 1.54) is 12.1 Å². The number of nitrogens with zero attached hydrogens (tertiary/aromatic N) is 3. The van der Waals surface area contributed by atoms with Crippen LogP contribution in [0.2, 0.25) is 0 Å². The molecule has 1 fully saturated rings. The Kier molecular flexibility index (Phi) is 5.32. The fourth-order valence-corrected chi connectivity index (χ4v) is 2.61. The lowest BCUT2D eigenvalue weighted by atomic mass is 10.2. The van der Waals surface area contributed by atoms with Gasteiger partial charge in [0.25, 0.3) is 0 Å². The summed E-state index contributed by atoms with van der Waals surface area (Å²) < 4.78 is 0. The first-order valence-corrected chi connectivity index (χ1v) is 8.64. The van der Waals surface area contributed by atoms with E-state index in [4.69, 9.17) is 27.9 Å². The van der Waals surface area contributed by atoms with Crippen LogP contribution in [-0.2, 0) is 0 Å². The fourth-order valence-electron chi connectivity index (χ4n) is 2.44. The molecule has 1 unspecified atom stereocenters. The van der Waals surface area contributed by atoms with Gasteiger partial charge in [-0.25, -0.2) is 14.8 Å². The maximum atomic E-state index is 11.1. The Labute approximate surface area is 155 Å². The van der Waals surface area contributed by atoms with Gasteiger partial charge in [0.05, 0.1) is 12.1 Å². The van der Waals surface area contributed by atoms with Crippen LogP contribution < -0.4 is 11.1 Å². The minimum Gasteiger partial charge on any atom is -0.478 e. The van der Waals surface area contributed by atoms with Gasteiger partial charge in [-0.05, 0) is 37.0 Å². The molecule has 0 aromatic heterocycles. The Hall–Kier alpha value is -2.74. The number of nitrogens with one attached hydrogen (secondary N) is 2. The summed E-state index contributed by atoms with van der Waals surface area (Å²) in [6.45, 7) is 0.276. The number of benzene rings is 1. The number of alkyl halides is 1. The van der Waals surface area contributed by atoms with Crippen molar-refractivity contribution in [2.24, 2.45) is 26.6 Å². The molecular weight excluding hydrogens is 356 g/mol. The lowest BCUT2D eigenvalue weighted by molar-refractivity contribution is 0.0697. The number of rotatable bonds is 5. The van der Waals surface area contributed by atoms with Crippen molar-refractivity contribution < 1.29 is 9.90 Å². The predicted octanol–water partition coefficient (Wildman–Crippen LogP) is 2.35. The molecule has 1 atom stereocenters. The molecule has 136 valence electrons. The molecule has 1 aliphatic heterocycles. The topological polar surface area (TPSA) is 136 Å². The number of hydrogen-bond donors (Lipinski definition) is 4. The molecule has 1 saturated carbocycles. The summed E-state index contributed by atoms with van der Waals surface area (Å²) in [7, 11) is 0. The second-order valence-electron chi connectivity index (χ2n) is 6.19. The maximum absolute atomic E-state index is 11.1. The van der Waals surface area contributed by atoms with Crippen LogP contribution in [0.3, 0.4) is 0 Å². The number of hydrogen-bond acceptors (Lipinski definition) is 6. The average molecular weight is 375 g/mol. The third kappa shape index (κ3) is 4.66. The van der Waals surface area contributed by atoms with E-state index in [2.05, 4.69) is 20.3 Å². The number of amidine groups is 2.